The van der Waals surface area contributed by atoms with Crippen LogP contribution in [-0.4, -0.2) is 4.57 Å². The van der Waals surface area contributed by atoms with E-state index in [2.05, 4.69) is 156 Å². The SMILES string of the molecule is C1=C(c2ccccc2Cc2cccc3c4ccccc4n(-c4ccccc4)c23)CCc2c1c1ccccc1c1ccccc21. The third kappa shape index (κ3) is 3.86. The van der Waals surface area contributed by atoms with E-state index in [1.165, 1.54) is 82.4 Å². The topological polar surface area (TPSA) is 4.93 Å². The fraction of sp³-hybridized carbons (Fsp3) is 0.0698. The second-order valence-corrected chi connectivity index (χ2v) is 12.0. The average molecular weight is 562 g/mol. The van der Waals surface area contributed by atoms with Crippen molar-refractivity contribution in [3.63, 3.8) is 0 Å². The highest BCUT2D eigenvalue weighted by Crippen LogP contribution is 2.41. The summed E-state index contributed by atoms with van der Waals surface area (Å²) in [5.41, 5.74) is 12.2. The summed E-state index contributed by atoms with van der Waals surface area (Å²) < 4.78 is 2.45. The van der Waals surface area contributed by atoms with E-state index in [0.717, 1.165) is 19.3 Å². The zero-order valence-corrected chi connectivity index (χ0v) is 24.5. The highest BCUT2D eigenvalue weighted by atomic mass is 15.0. The van der Waals surface area contributed by atoms with Crippen molar-refractivity contribution in [1.29, 1.82) is 0 Å². The second kappa shape index (κ2) is 10.1. The maximum absolute atomic E-state index is 2.49. The molecule has 0 fully saturated rings. The van der Waals surface area contributed by atoms with Crippen LogP contribution in [0.4, 0.5) is 0 Å². The van der Waals surface area contributed by atoms with Crippen LogP contribution in [0.3, 0.4) is 0 Å². The van der Waals surface area contributed by atoms with Gasteiger partial charge >= 0.3 is 0 Å². The molecule has 8 aromatic rings. The molecule has 0 N–H and O–H groups in total. The molecule has 0 atom stereocenters. The Balaban J connectivity index is 1.22. The van der Waals surface area contributed by atoms with Crippen molar-refractivity contribution in [2.75, 3.05) is 0 Å². The molecule has 0 radical (unpaired) electrons. The highest BCUT2D eigenvalue weighted by Gasteiger charge is 2.21. The first-order valence-corrected chi connectivity index (χ1v) is 15.6. The summed E-state index contributed by atoms with van der Waals surface area (Å²) in [4.78, 5) is 0. The summed E-state index contributed by atoms with van der Waals surface area (Å²) in [5.74, 6) is 0. The van der Waals surface area contributed by atoms with Crippen molar-refractivity contribution < 1.29 is 0 Å². The average Bonchev–Trinajstić information content (AvgIpc) is 3.44. The Morgan fingerprint density at radius 2 is 1.07 bits per heavy atom. The predicted octanol–water partition coefficient (Wildman–Crippen LogP) is 11.2. The van der Waals surface area contributed by atoms with Crippen molar-refractivity contribution >= 4 is 55.0 Å². The van der Waals surface area contributed by atoms with E-state index in [0.29, 0.717) is 0 Å². The largest absolute Gasteiger partial charge is 0.309 e. The molecular weight excluding hydrogens is 530 g/mol. The van der Waals surface area contributed by atoms with Gasteiger partial charge in [0.1, 0.15) is 0 Å². The van der Waals surface area contributed by atoms with Crippen LogP contribution in [-0.2, 0) is 12.8 Å². The Morgan fingerprint density at radius 1 is 0.455 bits per heavy atom. The summed E-state index contributed by atoms with van der Waals surface area (Å²) in [6.07, 6.45) is 5.47. The number of allylic oxidation sites excluding steroid dienone is 1. The Labute approximate surface area is 257 Å². The smallest absolute Gasteiger partial charge is 0.0576 e. The molecule has 0 bridgehead atoms. The van der Waals surface area contributed by atoms with Crippen molar-refractivity contribution in [3.8, 4) is 5.69 Å². The zero-order valence-electron chi connectivity index (χ0n) is 24.5. The van der Waals surface area contributed by atoms with Gasteiger partial charge in [-0.15, -0.1) is 0 Å². The highest BCUT2D eigenvalue weighted by molar-refractivity contribution is 6.14. The number of hydrogen-bond donors (Lipinski definition) is 0. The molecule has 0 spiro atoms. The van der Waals surface area contributed by atoms with E-state index >= 15 is 0 Å². The summed E-state index contributed by atoms with van der Waals surface area (Å²) in [7, 11) is 0. The molecular formula is C43H31N. The van der Waals surface area contributed by atoms with Gasteiger partial charge in [-0.05, 0) is 86.0 Å². The van der Waals surface area contributed by atoms with Gasteiger partial charge in [0.15, 0.2) is 0 Å². The maximum atomic E-state index is 2.49. The van der Waals surface area contributed by atoms with Gasteiger partial charge in [0, 0.05) is 22.9 Å². The van der Waals surface area contributed by atoms with Crippen molar-refractivity contribution in [2.24, 2.45) is 0 Å². The third-order valence-electron chi connectivity index (χ3n) is 9.58. The second-order valence-electron chi connectivity index (χ2n) is 12.0. The molecule has 1 nitrogen and oxygen atoms in total. The van der Waals surface area contributed by atoms with Crippen LogP contribution in [0, 0.1) is 0 Å². The fourth-order valence-corrected chi connectivity index (χ4v) is 7.66. The molecule has 7 aromatic carbocycles. The molecule has 208 valence electrons. The van der Waals surface area contributed by atoms with E-state index in [4.69, 9.17) is 0 Å². The molecule has 0 saturated heterocycles. The van der Waals surface area contributed by atoms with Crippen LogP contribution in [0.25, 0.3) is 60.7 Å². The van der Waals surface area contributed by atoms with E-state index in [1.807, 2.05) is 0 Å². The molecule has 9 rings (SSSR count). The molecule has 1 heterocycles. The number of para-hydroxylation sites is 3. The molecule has 1 aliphatic rings. The lowest BCUT2D eigenvalue weighted by molar-refractivity contribution is 1.01. The van der Waals surface area contributed by atoms with Gasteiger partial charge in [0.25, 0.3) is 0 Å². The van der Waals surface area contributed by atoms with Gasteiger partial charge in [-0.3, -0.25) is 0 Å². The fourth-order valence-electron chi connectivity index (χ4n) is 7.66. The van der Waals surface area contributed by atoms with Crippen LogP contribution in [0.2, 0.25) is 0 Å². The van der Waals surface area contributed by atoms with E-state index in [9.17, 15) is 0 Å². The Hall–Kier alpha value is -5.40. The standard InChI is InChI=1S/C43H31N/c1-2-15-32(16-3-1)44-42-24-11-10-22-39(42)40-23-12-14-31(43(40)44)27-29-13-4-5-17-33(29)30-25-26-38-36-20-7-6-18-34(36)35-19-8-9-21-37(35)41(38)28-30/h1-24,28H,25-27H2. The molecule has 0 aliphatic heterocycles. The maximum Gasteiger partial charge on any atom is 0.0576 e. The number of aryl methyl sites for hydroxylation is 1. The molecule has 0 amide bonds. The molecule has 1 aromatic heterocycles. The van der Waals surface area contributed by atoms with E-state index < -0.39 is 0 Å². The first kappa shape index (κ1) is 25.1. The first-order valence-electron chi connectivity index (χ1n) is 15.6. The van der Waals surface area contributed by atoms with Crippen molar-refractivity contribution in [1.82, 2.24) is 4.57 Å². The number of aromatic nitrogens is 1. The third-order valence-corrected chi connectivity index (χ3v) is 9.58. The van der Waals surface area contributed by atoms with Gasteiger partial charge in [-0.2, -0.15) is 0 Å². The summed E-state index contributed by atoms with van der Waals surface area (Å²) in [5, 5.41) is 8.06. The summed E-state index contributed by atoms with van der Waals surface area (Å²) in [6.45, 7) is 0. The van der Waals surface area contributed by atoms with Crippen molar-refractivity contribution in [3.05, 3.63) is 173 Å². The lowest BCUT2D eigenvalue weighted by atomic mass is 9.81. The molecule has 0 saturated carbocycles. The Bertz CT molecular complexity index is 2400. The number of benzene rings is 7. The number of hydrogen-bond acceptors (Lipinski definition) is 0. The van der Waals surface area contributed by atoms with Gasteiger partial charge < -0.3 is 4.57 Å². The van der Waals surface area contributed by atoms with Crippen LogP contribution >= 0.6 is 0 Å². The van der Waals surface area contributed by atoms with Crippen LogP contribution < -0.4 is 0 Å². The van der Waals surface area contributed by atoms with Crippen LogP contribution in [0.5, 0.6) is 0 Å². The summed E-state index contributed by atoms with van der Waals surface area (Å²) >= 11 is 0. The molecule has 1 heteroatoms. The van der Waals surface area contributed by atoms with Crippen LogP contribution in [0.1, 0.15) is 34.2 Å². The summed E-state index contributed by atoms with van der Waals surface area (Å²) in [6, 6.07) is 53.4. The lowest BCUT2D eigenvalue weighted by Gasteiger charge is -2.23. The molecule has 1 aliphatic carbocycles. The van der Waals surface area contributed by atoms with Gasteiger partial charge in [0.2, 0.25) is 0 Å². The number of rotatable bonds is 4. The Kier molecular flexibility index (Phi) is 5.77. The number of nitrogens with zero attached hydrogens (tertiary/aromatic N) is 1. The monoisotopic (exact) mass is 561 g/mol. The van der Waals surface area contributed by atoms with Crippen molar-refractivity contribution in [2.45, 2.75) is 19.3 Å². The van der Waals surface area contributed by atoms with E-state index in [-0.39, 0.29) is 0 Å². The first-order chi connectivity index (χ1) is 21.8. The number of fused-ring (bicyclic) bond motifs is 9. The predicted molar refractivity (Wildman–Crippen MR) is 188 cm³/mol. The van der Waals surface area contributed by atoms with Gasteiger partial charge in [-0.25, -0.2) is 0 Å². The van der Waals surface area contributed by atoms with Gasteiger partial charge in [-0.1, -0.05) is 133 Å². The molecule has 44 heavy (non-hydrogen) atoms. The lowest BCUT2D eigenvalue weighted by Crippen LogP contribution is -2.04. The minimum Gasteiger partial charge on any atom is -0.309 e. The van der Waals surface area contributed by atoms with Gasteiger partial charge in [0.05, 0.1) is 11.0 Å². The van der Waals surface area contributed by atoms with E-state index in [1.54, 1.807) is 0 Å². The minimum atomic E-state index is 0.874. The zero-order chi connectivity index (χ0) is 29.0. The molecule has 0 unspecified atom stereocenters. The quantitative estimate of drug-likeness (QED) is 0.188. The normalized spacial score (nSPS) is 13.0. The van der Waals surface area contributed by atoms with Crippen LogP contribution in [0.15, 0.2) is 146 Å². The minimum absolute atomic E-state index is 0.874. The Morgan fingerprint density at radius 3 is 1.91 bits per heavy atom.